The highest BCUT2D eigenvalue weighted by Crippen LogP contribution is 2.13. The molecule has 2 aliphatic heterocycles. The number of benzene rings is 1. The monoisotopic (exact) mass is 467 g/mol. The number of hydrogen-bond donors (Lipinski definition) is 1. The van der Waals surface area contributed by atoms with E-state index in [1.165, 1.54) is 24.3 Å². The number of amides is 1. The largest absolute Gasteiger partial charge is 0.389 e. The lowest BCUT2D eigenvalue weighted by molar-refractivity contribution is -0.0633. The third-order valence-corrected chi connectivity index (χ3v) is 5.91. The number of carbonyl (C=O) groups is 1. The van der Waals surface area contributed by atoms with Crippen LogP contribution in [0.1, 0.15) is 24.2 Å². The fourth-order valence-corrected chi connectivity index (χ4v) is 4.09. The quantitative estimate of drug-likeness (QED) is 0.522. The Bertz CT molecular complexity index is 715. The predicted octanol–water partition coefficient (Wildman–Crippen LogP) is 1.09. The number of carbonyl (C=O) groups excluding carboxylic acids is 1. The number of β-amino-alcohol motifs (C(OH)–C–C–N with tert-alkyl or cyclic N) is 1. The van der Waals surface area contributed by atoms with Crippen molar-refractivity contribution in [1.29, 1.82) is 0 Å². The molecule has 186 valence electrons. The normalized spacial score (nSPS) is 21.3. The Morgan fingerprint density at radius 2 is 1.88 bits per heavy atom. The van der Waals surface area contributed by atoms with Crippen LogP contribution in [-0.2, 0) is 14.2 Å². The van der Waals surface area contributed by atoms with Crippen molar-refractivity contribution in [1.82, 2.24) is 14.7 Å². The van der Waals surface area contributed by atoms with Crippen molar-refractivity contribution in [2.75, 3.05) is 78.8 Å². The zero-order chi connectivity index (χ0) is 23.6. The predicted molar refractivity (Wildman–Crippen MR) is 123 cm³/mol. The maximum atomic E-state index is 13.4. The average molecular weight is 468 g/mol. The van der Waals surface area contributed by atoms with Gasteiger partial charge in [0.15, 0.2) is 0 Å². The standard InChI is InChI=1S/C24H38FN3O5/c1-19(2)33-18-22(29)15-27-11-14-32-23(16-27)17-28(8-7-26-9-12-31-13-10-26)24(30)20-3-5-21(25)6-4-20/h3-6,19,22-23,29H,7-18H2,1-2H3/t22-,23-/m1/s1. The van der Waals surface area contributed by atoms with E-state index >= 15 is 0 Å². The molecule has 33 heavy (non-hydrogen) atoms. The van der Waals surface area contributed by atoms with Crippen LogP contribution in [0.3, 0.4) is 0 Å². The van der Waals surface area contributed by atoms with Crippen LogP contribution in [0.15, 0.2) is 24.3 Å². The molecule has 1 aromatic carbocycles. The molecule has 2 atom stereocenters. The highest BCUT2D eigenvalue weighted by Gasteiger charge is 2.27. The molecule has 2 saturated heterocycles. The van der Waals surface area contributed by atoms with Gasteiger partial charge in [-0.25, -0.2) is 4.39 Å². The topological polar surface area (TPSA) is 74.7 Å². The van der Waals surface area contributed by atoms with Crippen molar-refractivity contribution >= 4 is 5.91 Å². The van der Waals surface area contributed by atoms with Crippen LogP contribution in [0.5, 0.6) is 0 Å². The summed E-state index contributed by atoms with van der Waals surface area (Å²) in [5, 5.41) is 10.3. The lowest BCUT2D eigenvalue weighted by atomic mass is 10.1. The number of nitrogens with zero attached hydrogens (tertiary/aromatic N) is 3. The molecule has 2 heterocycles. The summed E-state index contributed by atoms with van der Waals surface area (Å²) in [5.41, 5.74) is 0.465. The van der Waals surface area contributed by atoms with Gasteiger partial charge in [0, 0.05) is 57.9 Å². The summed E-state index contributed by atoms with van der Waals surface area (Å²) in [6.45, 7) is 11.5. The zero-order valence-electron chi connectivity index (χ0n) is 19.8. The molecule has 0 unspecified atom stereocenters. The van der Waals surface area contributed by atoms with Crippen molar-refractivity contribution in [2.45, 2.75) is 32.2 Å². The fourth-order valence-electron chi connectivity index (χ4n) is 4.09. The summed E-state index contributed by atoms with van der Waals surface area (Å²) < 4.78 is 30.3. The number of aliphatic hydroxyl groups is 1. The van der Waals surface area contributed by atoms with Crippen LogP contribution in [0.2, 0.25) is 0 Å². The lowest BCUT2D eigenvalue weighted by Gasteiger charge is -2.37. The van der Waals surface area contributed by atoms with E-state index < -0.39 is 6.10 Å². The van der Waals surface area contributed by atoms with E-state index in [1.807, 2.05) is 13.8 Å². The van der Waals surface area contributed by atoms with E-state index in [0.29, 0.717) is 58.2 Å². The Kier molecular flexibility index (Phi) is 10.5. The molecule has 1 amide bonds. The van der Waals surface area contributed by atoms with Crippen molar-refractivity contribution < 1.29 is 28.5 Å². The van der Waals surface area contributed by atoms with Crippen molar-refractivity contribution in [3.63, 3.8) is 0 Å². The first-order valence-electron chi connectivity index (χ1n) is 11.9. The Morgan fingerprint density at radius 1 is 1.18 bits per heavy atom. The second kappa shape index (κ2) is 13.3. The minimum absolute atomic E-state index is 0.0783. The van der Waals surface area contributed by atoms with Crippen LogP contribution < -0.4 is 0 Å². The minimum atomic E-state index is -0.565. The summed E-state index contributed by atoms with van der Waals surface area (Å²) in [6, 6.07) is 5.68. The third kappa shape index (κ3) is 8.92. The molecule has 0 spiro atoms. The van der Waals surface area contributed by atoms with Gasteiger partial charge < -0.3 is 24.2 Å². The van der Waals surface area contributed by atoms with Crippen LogP contribution in [0, 0.1) is 5.82 Å². The molecule has 2 aliphatic rings. The Balaban J connectivity index is 1.58. The van der Waals surface area contributed by atoms with Crippen molar-refractivity contribution in [2.24, 2.45) is 0 Å². The van der Waals surface area contributed by atoms with Gasteiger partial charge in [-0.05, 0) is 38.1 Å². The maximum Gasteiger partial charge on any atom is 0.253 e. The van der Waals surface area contributed by atoms with Crippen LogP contribution in [0.25, 0.3) is 0 Å². The smallest absolute Gasteiger partial charge is 0.253 e. The van der Waals surface area contributed by atoms with Gasteiger partial charge >= 0.3 is 0 Å². The molecule has 0 saturated carbocycles. The molecule has 0 aliphatic carbocycles. The van der Waals surface area contributed by atoms with Crippen molar-refractivity contribution in [3.05, 3.63) is 35.6 Å². The lowest BCUT2D eigenvalue weighted by Crippen LogP contribution is -2.52. The van der Waals surface area contributed by atoms with E-state index in [9.17, 15) is 14.3 Å². The molecular formula is C24H38FN3O5. The summed E-state index contributed by atoms with van der Waals surface area (Å²) in [7, 11) is 0. The fraction of sp³-hybridized carbons (Fsp3) is 0.708. The number of rotatable bonds is 11. The first-order valence-corrected chi connectivity index (χ1v) is 11.9. The summed E-state index contributed by atoms with van der Waals surface area (Å²) in [4.78, 5) is 19.5. The van der Waals surface area contributed by atoms with Gasteiger partial charge in [-0.15, -0.1) is 0 Å². The SMILES string of the molecule is CC(C)OC[C@H](O)CN1CCO[C@@H](CN(CCN2CCOCC2)C(=O)c2ccc(F)cc2)C1. The first kappa shape index (κ1) is 26.0. The number of halogens is 1. The Labute approximate surface area is 196 Å². The number of ether oxygens (including phenoxy) is 3. The second-order valence-corrected chi connectivity index (χ2v) is 9.00. The molecule has 1 N–H and O–H groups in total. The van der Waals surface area contributed by atoms with Gasteiger partial charge in [0.05, 0.1) is 44.7 Å². The van der Waals surface area contributed by atoms with Crippen LogP contribution in [0.4, 0.5) is 4.39 Å². The molecule has 9 heteroatoms. The van der Waals surface area contributed by atoms with Gasteiger partial charge in [-0.2, -0.15) is 0 Å². The highest BCUT2D eigenvalue weighted by atomic mass is 19.1. The molecule has 3 rings (SSSR count). The van der Waals surface area contributed by atoms with Gasteiger partial charge in [0.25, 0.3) is 5.91 Å². The summed E-state index contributed by atoms with van der Waals surface area (Å²) in [5.74, 6) is -0.493. The first-order chi connectivity index (χ1) is 15.9. The van der Waals surface area contributed by atoms with E-state index in [-0.39, 0.29) is 23.9 Å². The van der Waals surface area contributed by atoms with Crippen molar-refractivity contribution in [3.8, 4) is 0 Å². The minimum Gasteiger partial charge on any atom is -0.389 e. The zero-order valence-corrected chi connectivity index (χ0v) is 19.8. The van der Waals surface area contributed by atoms with E-state index in [0.717, 1.165) is 26.2 Å². The Morgan fingerprint density at radius 3 is 2.58 bits per heavy atom. The molecule has 0 bridgehead atoms. The maximum absolute atomic E-state index is 13.4. The summed E-state index contributed by atoms with van der Waals surface area (Å²) in [6.07, 6.45) is -0.648. The van der Waals surface area contributed by atoms with Crippen LogP contribution in [-0.4, -0.2) is 123 Å². The van der Waals surface area contributed by atoms with E-state index in [2.05, 4.69) is 9.80 Å². The van der Waals surface area contributed by atoms with E-state index in [4.69, 9.17) is 14.2 Å². The molecule has 0 aromatic heterocycles. The molecule has 1 aromatic rings. The number of hydrogen-bond acceptors (Lipinski definition) is 7. The van der Waals surface area contributed by atoms with E-state index in [1.54, 1.807) is 4.90 Å². The second-order valence-electron chi connectivity index (χ2n) is 9.00. The highest BCUT2D eigenvalue weighted by molar-refractivity contribution is 5.94. The van der Waals surface area contributed by atoms with Gasteiger partial charge in [0.2, 0.25) is 0 Å². The molecule has 8 nitrogen and oxygen atoms in total. The average Bonchev–Trinajstić information content (AvgIpc) is 2.81. The molecular weight excluding hydrogens is 429 g/mol. The number of aliphatic hydroxyl groups excluding tert-OH is 1. The molecule has 2 fully saturated rings. The summed E-state index contributed by atoms with van der Waals surface area (Å²) >= 11 is 0. The van der Waals surface area contributed by atoms with Gasteiger partial charge in [0.1, 0.15) is 5.82 Å². The molecule has 0 radical (unpaired) electrons. The van der Waals surface area contributed by atoms with Gasteiger partial charge in [-0.1, -0.05) is 0 Å². The third-order valence-electron chi connectivity index (χ3n) is 5.91. The number of morpholine rings is 2. The van der Waals surface area contributed by atoms with Gasteiger partial charge in [-0.3, -0.25) is 14.6 Å². The Hall–Kier alpha value is -1.62. The van der Waals surface area contributed by atoms with Crippen LogP contribution >= 0.6 is 0 Å².